The maximum atomic E-state index is 13.4. The normalized spacial score (nSPS) is 36.9. The van der Waals surface area contributed by atoms with Gasteiger partial charge in [-0.2, -0.15) is 21.6 Å². The zero-order valence-corrected chi connectivity index (χ0v) is 14.5. The molecule has 12 heteroatoms. The topological polar surface area (TPSA) is 105 Å². The molecule has 3 aliphatic rings. The Kier molecular flexibility index (Phi) is 4.72. The average Bonchev–Trinajstić information content (AvgIpc) is 3.12. The van der Waals surface area contributed by atoms with Gasteiger partial charge in [0.05, 0.1) is 6.10 Å². The highest BCUT2D eigenvalue weighted by molar-refractivity contribution is 7.88. The number of fused-ring (bicyclic) bond motifs is 1. The summed E-state index contributed by atoms with van der Waals surface area (Å²) in [5, 5.41) is 0. The van der Waals surface area contributed by atoms with Gasteiger partial charge in [-0.25, -0.2) is 4.79 Å². The molecule has 3 saturated heterocycles. The van der Waals surface area contributed by atoms with Crippen LogP contribution in [0.4, 0.5) is 13.2 Å². The summed E-state index contributed by atoms with van der Waals surface area (Å²) in [7, 11) is -4.98. The van der Waals surface area contributed by atoms with Crippen molar-refractivity contribution in [1.82, 2.24) is 0 Å². The molecule has 0 saturated carbocycles. The third kappa shape index (κ3) is 2.78. The van der Waals surface area contributed by atoms with E-state index in [1.807, 2.05) is 6.92 Å². The Bertz CT molecular complexity index is 705. The van der Waals surface area contributed by atoms with Crippen LogP contribution in [0, 0.1) is 0 Å². The van der Waals surface area contributed by atoms with Crippen LogP contribution in [0.2, 0.25) is 0 Å². The molecule has 2 bridgehead atoms. The van der Waals surface area contributed by atoms with E-state index in [0.29, 0.717) is 6.42 Å². The van der Waals surface area contributed by atoms with E-state index in [9.17, 15) is 31.2 Å². The standard InChI is InChI=1S/C14H17F3O8S/c1-2-3-4-8(18)22-6-9(19)24-10-7-5-13(14(15,16)17)12(23-7)11(10)25-26(13,20)21/h7,10-12H,2-6H2,1H3. The second-order valence-corrected chi connectivity index (χ2v) is 8.25. The van der Waals surface area contributed by atoms with Crippen molar-refractivity contribution >= 4 is 22.1 Å². The summed E-state index contributed by atoms with van der Waals surface area (Å²) in [4.78, 5) is 23.1. The number of esters is 2. The van der Waals surface area contributed by atoms with Crippen molar-refractivity contribution in [1.29, 1.82) is 0 Å². The van der Waals surface area contributed by atoms with Gasteiger partial charge in [-0.15, -0.1) is 0 Å². The number of rotatable bonds is 6. The largest absolute Gasteiger partial charge is 0.454 e. The first-order valence-corrected chi connectivity index (χ1v) is 9.44. The van der Waals surface area contributed by atoms with Crippen LogP contribution in [0.3, 0.4) is 0 Å². The molecule has 0 aromatic carbocycles. The Morgan fingerprint density at radius 2 is 1.96 bits per heavy atom. The summed E-state index contributed by atoms with van der Waals surface area (Å²) in [6.45, 7) is 1.15. The summed E-state index contributed by atoms with van der Waals surface area (Å²) >= 11 is 0. The lowest BCUT2D eigenvalue weighted by Crippen LogP contribution is -2.57. The number of halogens is 3. The van der Waals surface area contributed by atoms with E-state index in [1.54, 1.807) is 0 Å². The zero-order chi connectivity index (χ0) is 19.3. The number of hydrogen-bond donors (Lipinski definition) is 0. The number of ether oxygens (including phenoxy) is 3. The minimum Gasteiger partial charge on any atom is -0.454 e. The van der Waals surface area contributed by atoms with E-state index in [0.717, 1.165) is 6.42 Å². The Morgan fingerprint density at radius 1 is 1.27 bits per heavy atom. The minimum atomic E-state index is -5.08. The molecule has 8 nitrogen and oxygen atoms in total. The van der Waals surface area contributed by atoms with E-state index >= 15 is 0 Å². The van der Waals surface area contributed by atoms with E-state index in [4.69, 9.17) is 14.2 Å². The van der Waals surface area contributed by atoms with Crippen LogP contribution in [0.1, 0.15) is 32.6 Å². The summed E-state index contributed by atoms with van der Waals surface area (Å²) in [5.74, 6) is -1.62. The first kappa shape index (κ1) is 19.4. The summed E-state index contributed by atoms with van der Waals surface area (Å²) in [6.07, 6.45) is -10.4. The van der Waals surface area contributed by atoms with Gasteiger partial charge in [0.1, 0.15) is 12.2 Å². The smallest absolute Gasteiger partial charge is 0.413 e. The lowest BCUT2D eigenvalue weighted by molar-refractivity contribution is -0.176. The zero-order valence-electron chi connectivity index (χ0n) is 13.7. The van der Waals surface area contributed by atoms with Crippen LogP contribution in [0.25, 0.3) is 0 Å². The quantitative estimate of drug-likeness (QED) is 0.475. The van der Waals surface area contributed by atoms with Gasteiger partial charge in [0, 0.05) is 12.8 Å². The number of alkyl halides is 3. The molecular formula is C14H17F3O8S. The average molecular weight is 402 g/mol. The summed E-state index contributed by atoms with van der Waals surface area (Å²) in [6, 6.07) is 0. The van der Waals surface area contributed by atoms with Crippen molar-refractivity contribution in [2.45, 2.75) is 67.9 Å². The second kappa shape index (κ2) is 6.34. The van der Waals surface area contributed by atoms with Crippen LogP contribution < -0.4 is 0 Å². The molecule has 0 N–H and O–H groups in total. The highest BCUT2D eigenvalue weighted by atomic mass is 32.2. The fourth-order valence-electron chi connectivity index (χ4n) is 3.54. The fourth-order valence-corrected chi connectivity index (χ4v) is 5.34. The predicted octanol–water partition coefficient (Wildman–Crippen LogP) is 0.832. The van der Waals surface area contributed by atoms with Crippen molar-refractivity contribution in [2.75, 3.05) is 6.61 Å². The molecule has 0 aromatic heterocycles. The Labute approximate surface area is 147 Å². The van der Waals surface area contributed by atoms with Crippen molar-refractivity contribution in [3.8, 4) is 0 Å². The Hall–Kier alpha value is -1.40. The monoisotopic (exact) mass is 402 g/mol. The number of carbonyl (C=O) groups is 2. The van der Waals surface area contributed by atoms with Crippen LogP contribution in [-0.4, -0.2) is 62.3 Å². The van der Waals surface area contributed by atoms with Gasteiger partial charge in [0.25, 0.3) is 10.1 Å². The maximum absolute atomic E-state index is 13.4. The van der Waals surface area contributed by atoms with Crippen LogP contribution in [0.5, 0.6) is 0 Å². The minimum absolute atomic E-state index is 0.124. The SMILES string of the molecule is CCCCC(=O)OCC(=O)OC1C2CC3(C(F)(F)F)C(O2)C1OS3(=O)=O. The molecule has 26 heavy (non-hydrogen) atoms. The van der Waals surface area contributed by atoms with Gasteiger partial charge in [-0.3, -0.25) is 8.98 Å². The van der Waals surface area contributed by atoms with E-state index in [2.05, 4.69) is 4.18 Å². The molecule has 3 rings (SSSR count). The Morgan fingerprint density at radius 3 is 2.58 bits per heavy atom. The molecule has 3 aliphatic heterocycles. The van der Waals surface area contributed by atoms with E-state index < -0.39 is 70.4 Å². The van der Waals surface area contributed by atoms with Gasteiger partial charge in [-0.1, -0.05) is 13.3 Å². The van der Waals surface area contributed by atoms with Crippen LogP contribution in [0.15, 0.2) is 0 Å². The molecule has 5 atom stereocenters. The molecule has 5 unspecified atom stereocenters. The van der Waals surface area contributed by atoms with Crippen molar-refractivity contribution in [3.05, 3.63) is 0 Å². The number of hydrogen-bond acceptors (Lipinski definition) is 8. The highest BCUT2D eigenvalue weighted by Gasteiger charge is 2.84. The third-order valence-electron chi connectivity index (χ3n) is 4.79. The second-order valence-electron chi connectivity index (χ2n) is 6.42. The molecule has 0 aliphatic carbocycles. The summed E-state index contributed by atoms with van der Waals surface area (Å²) < 4.78 is 80.4. The lowest BCUT2D eigenvalue weighted by Gasteiger charge is -2.30. The molecule has 0 aromatic rings. The molecule has 0 spiro atoms. The molecule has 0 radical (unpaired) electrons. The van der Waals surface area contributed by atoms with E-state index in [-0.39, 0.29) is 6.42 Å². The predicted molar refractivity (Wildman–Crippen MR) is 76.2 cm³/mol. The van der Waals surface area contributed by atoms with Gasteiger partial charge in [0.2, 0.25) is 4.75 Å². The molecule has 148 valence electrons. The summed E-state index contributed by atoms with van der Waals surface area (Å²) in [5.41, 5.74) is 0. The lowest BCUT2D eigenvalue weighted by atomic mass is 9.84. The highest BCUT2D eigenvalue weighted by Crippen LogP contribution is 2.60. The molecule has 3 heterocycles. The first-order valence-electron chi connectivity index (χ1n) is 8.03. The van der Waals surface area contributed by atoms with Gasteiger partial charge in [-0.05, 0) is 6.42 Å². The van der Waals surface area contributed by atoms with Crippen molar-refractivity contribution < 1.29 is 49.6 Å². The fraction of sp³-hybridized carbons (Fsp3) is 0.857. The molecular weight excluding hydrogens is 385 g/mol. The van der Waals surface area contributed by atoms with Crippen molar-refractivity contribution in [2.24, 2.45) is 0 Å². The van der Waals surface area contributed by atoms with Gasteiger partial charge >= 0.3 is 18.1 Å². The van der Waals surface area contributed by atoms with E-state index in [1.165, 1.54) is 0 Å². The number of carbonyl (C=O) groups excluding carboxylic acids is 2. The maximum Gasteiger partial charge on any atom is 0.413 e. The molecule has 0 amide bonds. The number of unbranched alkanes of at least 4 members (excludes halogenated alkanes) is 1. The Balaban J connectivity index is 1.64. The van der Waals surface area contributed by atoms with Crippen molar-refractivity contribution in [3.63, 3.8) is 0 Å². The van der Waals surface area contributed by atoms with Gasteiger partial charge in [0.15, 0.2) is 12.7 Å². The van der Waals surface area contributed by atoms with Crippen LogP contribution >= 0.6 is 0 Å². The van der Waals surface area contributed by atoms with Crippen LogP contribution in [-0.2, 0) is 38.1 Å². The molecule has 3 fully saturated rings. The third-order valence-corrected chi connectivity index (χ3v) is 6.79. The first-order chi connectivity index (χ1) is 12.0. The van der Waals surface area contributed by atoms with Gasteiger partial charge < -0.3 is 14.2 Å².